The lowest BCUT2D eigenvalue weighted by atomic mass is 9.99. The highest BCUT2D eigenvalue weighted by Gasteiger charge is 2.39. The fourth-order valence-electron chi connectivity index (χ4n) is 4.34. The summed E-state index contributed by atoms with van der Waals surface area (Å²) in [5, 5.41) is 3.85. The number of piperidine rings is 1. The van der Waals surface area contributed by atoms with Gasteiger partial charge in [0.25, 0.3) is 0 Å². The lowest BCUT2D eigenvalue weighted by molar-refractivity contribution is -0.120. The molecule has 3 aromatic rings. The van der Waals surface area contributed by atoms with Crippen LogP contribution in [0.15, 0.2) is 23.1 Å². The molecule has 0 bridgehead atoms. The predicted octanol–water partition coefficient (Wildman–Crippen LogP) is 4.12. The highest BCUT2D eigenvalue weighted by Crippen LogP contribution is 2.33. The molecule has 1 fully saturated rings. The molecular weight excluding hydrogens is 512 g/mol. The number of nitrogens with zero attached hydrogens (tertiary/aromatic N) is 3. The third-order valence-electron chi connectivity index (χ3n) is 6.34. The van der Waals surface area contributed by atoms with E-state index in [0.29, 0.717) is 34.4 Å². The quantitative estimate of drug-likeness (QED) is 0.473. The van der Waals surface area contributed by atoms with Crippen molar-refractivity contribution in [2.75, 3.05) is 25.0 Å². The Morgan fingerprint density at radius 3 is 2.74 bits per heavy atom. The zero-order valence-corrected chi connectivity index (χ0v) is 22.3. The van der Waals surface area contributed by atoms with Crippen LogP contribution in [0.3, 0.4) is 0 Å². The van der Waals surface area contributed by atoms with E-state index in [4.69, 9.17) is 16.3 Å². The molecule has 188 valence electrons. The van der Waals surface area contributed by atoms with Crippen molar-refractivity contribution in [3.8, 4) is 0 Å². The normalized spacial score (nSPS) is 17.0. The zero-order valence-electron chi connectivity index (χ0n) is 19.9. The molecule has 0 spiro atoms. The van der Waals surface area contributed by atoms with Crippen LogP contribution in [-0.4, -0.2) is 53.8 Å². The van der Waals surface area contributed by atoms with Gasteiger partial charge in [0.05, 0.1) is 22.7 Å². The number of halogens is 1. The maximum atomic E-state index is 13.7. The minimum absolute atomic E-state index is 0.0144. The Morgan fingerprint density at radius 1 is 1.29 bits per heavy atom. The van der Waals surface area contributed by atoms with Crippen molar-refractivity contribution in [1.29, 1.82) is 0 Å². The number of carbonyl (C=O) groups is 2. The number of nitrogens with one attached hydrogen (secondary N) is 1. The second-order valence-electron chi connectivity index (χ2n) is 8.48. The fraction of sp³-hybridized carbons (Fsp3) is 0.435. The van der Waals surface area contributed by atoms with Gasteiger partial charge in [0, 0.05) is 36.5 Å². The maximum Gasteiger partial charge on any atom is 0.341 e. The number of aromatic nitrogens is 2. The molecule has 3 heterocycles. The molecule has 1 saturated heterocycles. The summed E-state index contributed by atoms with van der Waals surface area (Å²) in [6, 6.07) is 5.30. The first-order valence-electron chi connectivity index (χ1n) is 11.2. The summed E-state index contributed by atoms with van der Waals surface area (Å²) in [6.45, 7) is 5.44. The van der Waals surface area contributed by atoms with Gasteiger partial charge >= 0.3 is 5.97 Å². The Bertz CT molecular complexity index is 1410. The summed E-state index contributed by atoms with van der Waals surface area (Å²) in [4.78, 5) is 30.1. The Kier molecular flexibility index (Phi) is 7.23. The maximum absolute atomic E-state index is 13.7. The van der Waals surface area contributed by atoms with E-state index in [9.17, 15) is 18.0 Å². The first-order chi connectivity index (χ1) is 16.5. The van der Waals surface area contributed by atoms with Crippen molar-refractivity contribution in [3.63, 3.8) is 0 Å². The fourth-order valence-corrected chi connectivity index (χ4v) is 7.49. The number of thiazole rings is 1. The number of benzene rings is 1. The standard InChI is InChI=1S/C23H27ClN4O5S2/c1-5-33-22(30)19-13(2)27(4)14(3)20(19)35(31,32)28-10-6-7-15(12-28)21(29)26-23-25-17-9-8-16(24)11-18(17)34-23/h8-9,11,15H,5-7,10,12H2,1-4H3,(H,25,26,29). The summed E-state index contributed by atoms with van der Waals surface area (Å²) >= 11 is 7.34. The van der Waals surface area contributed by atoms with Crippen LogP contribution in [0.25, 0.3) is 10.2 Å². The van der Waals surface area contributed by atoms with Crippen molar-refractivity contribution in [1.82, 2.24) is 13.9 Å². The minimum Gasteiger partial charge on any atom is -0.462 e. The lowest BCUT2D eigenvalue weighted by Gasteiger charge is -2.31. The van der Waals surface area contributed by atoms with Gasteiger partial charge in [0.2, 0.25) is 15.9 Å². The van der Waals surface area contributed by atoms with Crippen molar-refractivity contribution < 1.29 is 22.7 Å². The predicted molar refractivity (Wildman–Crippen MR) is 136 cm³/mol. The molecule has 1 amide bonds. The molecule has 0 aliphatic carbocycles. The highest BCUT2D eigenvalue weighted by atomic mass is 35.5. The van der Waals surface area contributed by atoms with Crippen molar-refractivity contribution >= 4 is 60.2 Å². The first-order valence-corrected chi connectivity index (χ1v) is 13.9. The Labute approximate surface area is 213 Å². The van der Waals surface area contributed by atoms with E-state index in [1.54, 1.807) is 50.6 Å². The van der Waals surface area contributed by atoms with Crippen molar-refractivity contribution in [2.24, 2.45) is 13.0 Å². The molecule has 9 nitrogen and oxygen atoms in total. The Morgan fingerprint density at radius 2 is 2.03 bits per heavy atom. The van der Waals surface area contributed by atoms with Crippen LogP contribution in [0.1, 0.15) is 41.5 Å². The third kappa shape index (κ3) is 4.82. The number of anilines is 1. The van der Waals surface area contributed by atoms with E-state index >= 15 is 0 Å². The highest BCUT2D eigenvalue weighted by molar-refractivity contribution is 7.89. The average Bonchev–Trinajstić information content (AvgIpc) is 3.32. The Hall–Kier alpha value is -2.47. The molecule has 0 saturated carbocycles. The van der Waals surface area contributed by atoms with E-state index in [1.165, 1.54) is 15.6 Å². The van der Waals surface area contributed by atoms with Crippen LogP contribution in [0.5, 0.6) is 0 Å². The molecule has 2 aromatic heterocycles. The minimum atomic E-state index is -4.05. The van der Waals surface area contributed by atoms with E-state index in [1.807, 2.05) is 0 Å². The number of hydrogen-bond donors (Lipinski definition) is 1. The van der Waals surface area contributed by atoms with Gasteiger partial charge < -0.3 is 14.6 Å². The first kappa shape index (κ1) is 25.6. The molecule has 1 aliphatic rings. The topological polar surface area (TPSA) is 111 Å². The molecule has 1 aromatic carbocycles. The van der Waals surface area contributed by atoms with E-state index in [-0.39, 0.29) is 36.1 Å². The molecule has 4 rings (SSSR count). The molecule has 1 aliphatic heterocycles. The second-order valence-corrected chi connectivity index (χ2v) is 11.8. The number of hydrogen-bond acceptors (Lipinski definition) is 7. The SMILES string of the molecule is CCOC(=O)c1c(S(=O)(=O)N2CCCC(C(=O)Nc3nc4ccc(Cl)cc4s3)C2)c(C)n(C)c1C. The summed E-state index contributed by atoms with van der Waals surface area (Å²) in [5.41, 5.74) is 1.74. The van der Waals surface area contributed by atoms with Gasteiger partial charge in [-0.05, 0) is 51.8 Å². The third-order valence-corrected chi connectivity index (χ3v) is 9.53. The second kappa shape index (κ2) is 9.88. The van der Waals surface area contributed by atoms with Crippen LogP contribution in [0.4, 0.5) is 5.13 Å². The molecule has 1 atom stereocenters. The van der Waals surface area contributed by atoms with Crippen molar-refractivity contribution in [3.05, 3.63) is 40.2 Å². The van der Waals surface area contributed by atoms with Crippen LogP contribution < -0.4 is 5.32 Å². The largest absolute Gasteiger partial charge is 0.462 e. The summed E-state index contributed by atoms with van der Waals surface area (Å²) in [7, 11) is -2.34. The number of ether oxygens (including phenoxy) is 1. The van der Waals surface area contributed by atoms with E-state index in [2.05, 4.69) is 10.3 Å². The smallest absolute Gasteiger partial charge is 0.341 e. The number of carbonyl (C=O) groups excluding carboxylic acids is 2. The van der Waals surface area contributed by atoms with Crippen LogP contribution in [0.2, 0.25) is 5.02 Å². The number of esters is 1. The van der Waals surface area contributed by atoms with Gasteiger partial charge in [-0.25, -0.2) is 18.2 Å². The molecular formula is C23H27ClN4O5S2. The van der Waals surface area contributed by atoms with Gasteiger partial charge in [0.1, 0.15) is 10.5 Å². The van der Waals surface area contributed by atoms with Gasteiger partial charge in [-0.3, -0.25) is 4.79 Å². The zero-order chi connectivity index (χ0) is 25.5. The Balaban J connectivity index is 1.58. The molecule has 0 radical (unpaired) electrons. The molecule has 12 heteroatoms. The average molecular weight is 539 g/mol. The summed E-state index contributed by atoms with van der Waals surface area (Å²) in [6.07, 6.45) is 1.07. The van der Waals surface area contributed by atoms with Crippen LogP contribution >= 0.6 is 22.9 Å². The number of amides is 1. The molecule has 1 N–H and O–H groups in total. The number of fused-ring (bicyclic) bond motifs is 1. The molecule has 1 unspecified atom stereocenters. The van der Waals surface area contributed by atoms with Gasteiger partial charge in [0.15, 0.2) is 5.13 Å². The van der Waals surface area contributed by atoms with E-state index < -0.39 is 21.9 Å². The monoisotopic (exact) mass is 538 g/mol. The van der Waals surface area contributed by atoms with Crippen molar-refractivity contribution in [2.45, 2.75) is 38.5 Å². The van der Waals surface area contributed by atoms with Gasteiger partial charge in [-0.2, -0.15) is 4.31 Å². The van der Waals surface area contributed by atoms with Crippen LogP contribution in [-0.2, 0) is 26.6 Å². The van der Waals surface area contributed by atoms with Crippen LogP contribution in [0, 0.1) is 19.8 Å². The summed E-state index contributed by atoms with van der Waals surface area (Å²) in [5.74, 6) is -1.51. The van der Waals surface area contributed by atoms with Gasteiger partial charge in [-0.1, -0.05) is 22.9 Å². The lowest BCUT2D eigenvalue weighted by Crippen LogP contribution is -2.44. The number of sulfonamides is 1. The van der Waals surface area contributed by atoms with Gasteiger partial charge in [-0.15, -0.1) is 0 Å². The molecule has 35 heavy (non-hydrogen) atoms. The number of rotatable bonds is 6. The van der Waals surface area contributed by atoms with E-state index in [0.717, 1.165) is 10.2 Å². The summed E-state index contributed by atoms with van der Waals surface area (Å²) < 4.78 is 36.4.